The smallest absolute Gasteiger partial charge is 0.243 e. The molecule has 0 amide bonds. The van der Waals surface area contributed by atoms with Crippen LogP contribution in [0.25, 0.3) is 5.65 Å². The van der Waals surface area contributed by atoms with Gasteiger partial charge in [0.2, 0.25) is 5.95 Å². The van der Waals surface area contributed by atoms with Gasteiger partial charge in [-0.05, 0) is 36.8 Å². The molecule has 1 N–H and O–H groups in total. The fraction of sp³-hybridized carbons (Fsp3) is 0.625. The zero-order valence-electron chi connectivity index (χ0n) is 12.5. The van der Waals surface area contributed by atoms with E-state index in [-0.39, 0.29) is 0 Å². The summed E-state index contributed by atoms with van der Waals surface area (Å²) in [4.78, 5) is 4.49. The SMILES string of the molecule is Cc1ccc2nc(NCCC3CCC(C)CC3)nn2c1. The van der Waals surface area contributed by atoms with Gasteiger partial charge >= 0.3 is 0 Å². The number of aryl methyl sites for hydroxylation is 1. The number of rotatable bonds is 4. The second kappa shape index (κ2) is 5.81. The van der Waals surface area contributed by atoms with Crippen molar-refractivity contribution in [1.29, 1.82) is 0 Å². The number of nitrogens with one attached hydrogen (secondary N) is 1. The second-order valence-electron chi connectivity index (χ2n) is 6.29. The van der Waals surface area contributed by atoms with E-state index in [1.807, 2.05) is 16.8 Å². The van der Waals surface area contributed by atoms with Gasteiger partial charge in [-0.2, -0.15) is 4.98 Å². The summed E-state index contributed by atoms with van der Waals surface area (Å²) in [7, 11) is 0. The molecule has 1 fully saturated rings. The van der Waals surface area contributed by atoms with E-state index in [1.165, 1.54) is 37.7 Å². The van der Waals surface area contributed by atoms with Crippen molar-refractivity contribution >= 4 is 11.6 Å². The number of hydrogen-bond acceptors (Lipinski definition) is 3. The number of pyridine rings is 1. The number of fused-ring (bicyclic) bond motifs is 1. The van der Waals surface area contributed by atoms with Crippen LogP contribution < -0.4 is 5.32 Å². The Morgan fingerprint density at radius 2 is 2.05 bits per heavy atom. The summed E-state index contributed by atoms with van der Waals surface area (Å²) in [6.07, 6.45) is 8.83. The van der Waals surface area contributed by atoms with E-state index in [1.54, 1.807) is 0 Å². The van der Waals surface area contributed by atoms with Crippen LogP contribution in [-0.4, -0.2) is 21.1 Å². The minimum atomic E-state index is 0.750. The Hall–Kier alpha value is -1.58. The van der Waals surface area contributed by atoms with Crippen molar-refractivity contribution < 1.29 is 0 Å². The van der Waals surface area contributed by atoms with Gasteiger partial charge < -0.3 is 5.32 Å². The predicted molar refractivity (Wildman–Crippen MR) is 82.0 cm³/mol. The molecule has 2 heterocycles. The van der Waals surface area contributed by atoms with Crippen LogP contribution in [0.2, 0.25) is 0 Å². The Balaban J connectivity index is 1.52. The molecule has 108 valence electrons. The van der Waals surface area contributed by atoms with Crippen molar-refractivity contribution in [3.05, 3.63) is 23.9 Å². The predicted octanol–water partition coefficient (Wildman–Crippen LogP) is 3.67. The first-order valence-corrected chi connectivity index (χ1v) is 7.77. The van der Waals surface area contributed by atoms with Gasteiger partial charge in [0.15, 0.2) is 5.65 Å². The molecule has 1 saturated carbocycles. The van der Waals surface area contributed by atoms with Crippen LogP contribution in [0.5, 0.6) is 0 Å². The third-order valence-corrected chi connectivity index (χ3v) is 4.45. The van der Waals surface area contributed by atoms with Crippen molar-refractivity contribution in [2.24, 2.45) is 11.8 Å². The molecule has 0 aliphatic heterocycles. The monoisotopic (exact) mass is 272 g/mol. The average Bonchev–Trinajstić information content (AvgIpc) is 2.83. The first kappa shape index (κ1) is 13.4. The lowest BCUT2D eigenvalue weighted by molar-refractivity contribution is 0.282. The maximum Gasteiger partial charge on any atom is 0.243 e. The number of anilines is 1. The summed E-state index contributed by atoms with van der Waals surface area (Å²) < 4.78 is 1.85. The molecule has 0 saturated heterocycles. The maximum atomic E-state index is 4.49. The van der Waals surface area contributed by atoms with Crippen molar-refractivity contribution in [2.75, 3.05) is 11.9 Å². The molecule has 0 spiro atoms. The fourth-order valence-corrected chi connectivity index (χ4v) is 3.07. The highest BCUT2D eigenvalue weighted by molar-refractivity contribution is 5.43. The lowest BCUT2D eigenvalue weighted by Crippen LogP contribution is -2.16. The zero-order valence-corrected chi connectivity index (χ0v) is 12.5. The van der Waals surface area contributed by atoms with Gasteiger partial charge in [-0.25, -0.2) is 4.52 Å². The molecule has 0 bridgehead atoms. The molecule has 1 aliphatic rings. The van der Waals surface area contributed by atoms with Gasteiger partial charge in [0.1, 0.15) is 0 Å². The van der Waals surface area contributed by atoms with Gasteiger partial charge in [-0.3, -0.25) is 0 Å². The van der Waals surface area contributed by atoms with E-state index in [0.29, 0.717) is 0 Å². The molecule has 1 aliphatic carbocycles. The molecule has 0 radical (unpaired) electrons. The van der Waals surface area contributed by atoms with E-state index >= 15 is 0 Å². The van der Waals surface area contributed by atoms with Gasteiger partial charge in [0.05, 0.1) is 0 Å². The lowest BCUT2D eigenvalue weighted by Gasteiger charge is -2.25. The van der Waals surface area contributed by atoms with E-state index < -0.39 is 0 Å². The third kappa shape index (κ3) is 3.11. The van der Waals surface area contributed by atoms with E-state index in [9.17, 15) is 0 Å². The second-order valence-corrected chi connectivity index (χ2v) is 6.29. The number of aromatic nitrogens is 3. The van der Waals surface area contributed by atoms with Gasteiger partial charge in [-0.1, -0.05) is 38.7 Å². The summed E-state index contributed by atoms with van der Waals surface area (Å²) in [5, 5.41) is 7.83. The Bertz CT molecular complexity index is 567. The minimum Gasteiger partial charge on any atom is -0.353 e. The van der Waals surface area contributed by atoms with Crippen molar-refractivity contribution in [3.63, 3.8) is 0 Å². The molecular weight excluding hydrogens is 248 g/mol. The highest BCUT2D eigenvalue weighted by atomic mass is 15.3. The molecular formula is C16H24N4. The van der Waals surface area contributed by atoms with Crippen molar-refractivity contribution in [3.8, 4) is 0 Å². The molecule has 3 rings (SSSR count). The average molecular weight is 272 g/mol. The lowest BCUT2D eigenvalue weighted by atomic mass is 9.81. The Morgan fingerprint density at radius 3 is 2.85 bits per heavy atom. The fourth-order valence-electron chi connectivity index (χ4n) is 3.07. The van der Waals surface area contributed by atoms with Gasteiger partial charge in [0, 0.05) is 12.7 Å². The highest BCUT2D eigenvalue weighted by Crippen LogP contribution is 2.30. The molecule has 0 unspecified atom stereocenters. The van der Waals surface area contributed by atoms with Crippen LogP contribution in [-0.2, 0) is 0 Å². The summed E-state index contributed by atoms with van der Waals surface area (Å²) in [6, 6.07) is 4.08. The Labute approximate surface area is 120 Å². The molecule has 2 aromatic rings. The zero-order chi connectivity index (χ0) is 13.9. The Kier molecular flexibility index (Phi) is 3.90. The van der Waals surface area contributed by atoms with Gasteiger partial charge in [0.25, 0.3) is 0 Å². The first-order valence-electron chi connectivity index (χ1n) is 7.77. The highest BCUT2D eigenvalue weighted by Gasteiger charge is 2.17. The number of hydrogen-bond donors (Lipinski definition) is 1. The standard InChI is InChI=1S/C16H24N4/c1-12-3-6-14(7-4-12)9-10-17-16-18-15-8-5-13(2)11-20(15)19-16/h5,8,11-12,14H,3-4,6-7,9-10H2,1-2H3,(H,17,19). The Morgan fingerprint density at radius 1 is 1.25 bits per heavy atom. The molecule has 0 aromatic carbocycles. The van der Waals surface area contributed by atoms with E-state index in [4.69, 9.17) is 0 Å². The van der Waals surface area contributed by atoms with Crippen molar-refractivity contribution in [1.82, 2.24) is 14.6 Å². The summed E-state index contributed by atoms with van der Waals surface area (Å²) in [5.74, 6) is 2.57. The first-order chi connectivity index (χ1) is 9.70. The maximum absolute atomic E-state index is 4.49. The van der Waals surface area contributed by atoms with Crippen LogP contribution >= 0.6 is 0 Å². The molecule has 0 atom stereocenters. The van der Waals surface area contributed by atoms with E-state index in [2.05, 4.69) is 35.3 Å². The summed E-state index contributed by atoms with van der Waals surface area (Å²) in [6.45, 7) is 5.42. The van der Waals surface area contributed by atoms with Gasteiger partial charge in [-0.15, -0.1) is 5.10 Å². The molecule has 20 heavy (non-hydrogen) atoms. The minimum absolute atomic E-state index is 0.750. The molecule has 2 aromatic heterocycles. The quantitative estimate of drug-likeness (QED) is 0.923. The van der Waals surface area contributed by atoms with Crippen molar-refractivity contribution in [2.45, 2.75) is 46.0 Å². The number of nitrogens with zero attached hydrogens (tertiary/aromatic N) is 3. The van der Waals surface area contributed by atoms with E-state index in [0.717, 1.165) is 30.0 Å². The topological polar surface area (TPSA) is 42.2 Å². The van der Waals surface area contributed by atoms with Crippen LogP contribution in [0.15, 0.2) is 18.3 Å². The van der Waals surface area contributed by atoms with Crippen LogP contribution in [0, 0.1) is 18.8 Å². The molecule has 4 nitrogen and oxygen atoms in total. The normalized spacial score (nSPS) is 23.1. The largest absolute Gasteiger partial charge is 0.353 e. The summed E-state index contributed by atoms with van der Waals surface area (Å²) in [5.41, 5.74) is 2.11. The van der Waals surface area contributed by atoms with Crippen LogP contribution in [0.3, 0.4) is 0 Å². The van der Waals surface area contributed by atoms with Crippen LogP contribution in [0.1, 0.15) is 44.6 Å². The third-order valence-electron chi connectivity index (χ3n) is 4.45. The summed E-state index contributed by atoms with van der Waals surface area (Å²) >= 11 is 0. The molecule has 4 heteroatoms. The van der Waals surface area contributed by atoms with Crippen LogP contribution in [0.4, 0.5) is 5.95 Å².